The number of hydrogen-bond acceptors (Lipinski definition) is 20. The normalized spacial score (nSPS) is 12.8. The Hall–Kier alpha value is -3.50. The molecule has 0 rings (SSSR count). The second kappa shape index (κ2) is 20.7. The first-order valence-electron chi connectivity index (χ1n) is 16.0. The van der Waals surface area contributed by atoms with E-state index in [1.165, 1.54) is 27.7 Å². The van der Waals surface area contributed by atoms with Gasteiger partial charge in [-0.25, -0.2) is 0 Å². The van der Waals surface area contributed by atoms with Crippen molar-refractivity contribution in [1.82, 2.24) is 0 Å². The molecule has 0 aliphatic rings. The lowest BCUT2D eigenvalue weighted by Crippen LogP contribution is -2.46. The Kier molecular flexibility index (Phi) is 19.3. The zero-order valence-corrected chi connectivity index (χ0v) is 30.4. The van der Waals surface area contributed by atoms with Crippen molar-refractivity contribution in [3.8, 4) is 0 Å². The molecule has 0 spiro atoms. The Morgan fingerprint density at radius 1 is 0.308 bits per heavy atom. The predicted octanol–water partition coefficient (Wildman–Crippen LogP) is -3.78. The minimum Gasteiger partial charge on any atom is -0.464 e. The molecule has 20 nitrogen and oxygen atoms in total. The molecule has 0 aromatic heterocycles. The minimum absolute atomic E-state index is 0.673. The highest BCUT2D eigenvalue weighted by molar-refractivity contribution is 5.82. The fourth-order valence-corrected chi connectivity index (χ4v) is 3.25. The molecular weight excluding hydrogens is 704 g/mol. The van der Waals surface area contributed by atoms with E-state index >= 15 is 0 Å². The van der Waals surface area contributed by atoms with Crippen molar-refractivity contribution in [2.24, 2.45) is 32.5 Å². The van der Waals surface area contributed by atoms with E-state index in [1.807, 2.05) is 0 Å². The van der Waals surface area contributed by atoms with Crippen LogP contribution in [0.3, 0.4) is 0 Å². The molecule has 0 fully saturated rings. The fraction of sp³-hybridized carbons (Fsp3) is 0.812. The number of rotatable bonds is 25. The average molecular weight is 759 g/mol. The Balaban J connectivity index is 5.97. The van der Waals surface area contributed by atoms with E-state index in [-0.39, 0.29) is 0 Å². The standard InChI is InChI=1S/C32H54O20/c1-27(9-33,10-34)21(41)49-17-31(5,18-50-22(42)28(2,11-35)12-36)25(45)47-7-8-48-26(46)32(6,19-51-23(43)29(3,13-37)14-38)20-52-24(44)30(4,15-39)16-40/h33-40H,7-20H2,1-6H3. The number of carbonyl (C=O) groups is 6. The van der Waals surface area contributed by atoms with E-state index in [0.717, 1.165) is 13.8 Å². The van der Waals surface area contributed by atoms with Crippen molar-refractivity contribution >= 4 is 35.8 Å². The van der Waals surface area contributed by atoms with E-state index < -0.39 is 161 Å². The summed E-state index contributed by atoms with van der Waals surface area (Å²) in [5, 5.41) is 76.0. The van der Waals surface area contributed by atoms with Gasteiger partial charge in [-0.05, 0) is 41.5 Å². The van der Waals surface area contributed by atoms with Gasteiger partial charge >= 0.3 is 35.8 Å². The molecule has 0 aromatic carbocycles. The van der Waals surface area contributed by atoms with Crippen LogP contribution in [0.2, 0.25) is 0 Å². The zero-order chi connectivity index (χ0) is 40.6. The smallest absolute Gasteiger partial charge is 0.318 e. The topological polar surface area (TPSA) is 320 Å². The van der Waals surface area contributed by atoms with Gasteiger partial charge < -0.3 is 69.3 Å². The zero-order valence-electron chi connectivity index (χ0n) is 30.4. The van der Waals surface area contributed by atoms with Gasteiger partial charge in [0.1, 0.15) is 72.1 Å². The molecule has 0 atom stereocenters. The van der Waals surface area contributed by atoms with Crippen LogP contribution in [0.4, 0.5) is 0 Å². The summed E-state index contributed by atoms with van der Waals surface area (Å²) in [7, 11) is 0. The summed E-state index contributed by atoms with van der Waals surface area (Å²) in [6.45, 7) is -4.18. The van der Waals surface area contributed by atoms with Crippen molar-refractivity contribution in [3.63, 3.8) is 0 Å². The molecule has 52 heavy (non-hydrogen) atoms. The summed E-state index contributed by atoms with van der Waals surface area (Å²) in [4.78, 5) is 76.6. The van der Waals surface area contributed by atoms with Gasteiger partial charge in [-0.1, -0.05) is 0 Å². The second-order valence-electron chi connectivity index (χ2n) is 14.2. The monoisotopic (exact) mass is 758 g/mol. The summed E-state index contributed by atoms with van der Waals surface area (Å²) < 4.78 is 30.9. The van der Waals surface area contributed by atoms with Gasteiger partial charge in [0.2, 0.25) is 0 Å². The molecule has 302 valence electrons. The number of hydrogen-bond donors (Lipinski definition) is 8. The molecule has 0 aliphatic heterocycles. The van der Waals surface area contributed by atoms with Gasteiger partial charge in [0.05, 0.1) is 52.9 Å². The first kappa shape index (κ1) is 48.5. The van der Waals surface area contributed by atoms with E-state index in [2.05, 4.69) is 0 Å². The molecule has 0 unspecified atom stereocenters. The summed E-state index contributed by atoms with van der Waals surface area (Å²) in [6, 6.07) is 0. The van der Waals surface area contributed by atoms with Crippen molar-refractivity contribution in [2.45, 2.75) is 41.5 Å². The van der Waals surface area contributed by atoms with E-state index in [0.29, 0.717) is 0 Å². The molecule has 0 aromatic rings. The van der Waals surface area contributed by atoms with Gasteiger partial charge in [-0.15, -0.1) is 0 Å². The highest BCUT2D eigenvalue weighted by atomic mass is 16.6. The summed E-state index contributed by atoms with van der Waals surface area (Å²) in [5.74, 6) is -6.82. The molecule has 0 aliphatic carbocycles. The van der Waals surface area contributed by atoms with Gasteiger partial charge in [-0.3, -0.25) is 28.8 Å². The average Bonchev–Trinajstić information content (AvgIpc) is 3.16. The quantitative estimate of drug-likeness (QED) is 0.0252. The third kappa shape index (κ3) is 12.6. The first-order chi connectivity index (χ1) is 24.0. The molecule has 0 radical (unpaired) electrons. The first-order valence-corrected chi connectivity index (χ1v) is 16.0. The van der Waals surface area contributed by atoms with Crippen LogP contribution in [0.5, 0.6) is 0 Å². The van der Waals surface area contributed by atoms with Crippen molar-refractivity contribution in [2.75, 3.05) is 92.5 Å². The predicted molar refractivity (Wildman–Crippen MR) is 171 cm³/mol. The molecule has 0 bridgehead atoms. The SMILES string of the molecule is CC(CO)(CO)C(=O)OCC(C)(COC(=O)C(C)(CO)CO)C(=O)OCCOC(=O)C(C)(COC(=O)C(C)(CO)CO)COC(=O)C(C)(CO)CO. The Morgan fingerprint density at radius 2 is 0.462 bits per heavy atom. The van der Waals surface area contributed by atoms with Crippen LogP contribution in [-0.4, -0.2) is 169 Å². The van der Waals surface area contributed by atoms with Crippen LogP contribution >= 0.6 is 0 Å². The van der Waals surface area contributed by atoms with Crippen LogP contribution in [0.25, 0.3) is 0 Å². The van der Waals surface area contributed by atoms with Crippen LogP contribution in [0.1, 0.15) is 41.5 Å². The summed E-state index contributed by atoms with van der Waals surface area (Å²) in [6.07, 6.45) is 0. The maximum Gasteiger partial charge on any atom is 0.318 e. The van der Waals surface area contributed by atoms with Crippen molar-refractivity contribution in [1.29, 1.82) is 0 Å². The van der Waals surface area contributed by atoms with Crippen LogP contribution in [0, 0.1) is 32.5 Å². The molecule has 0 saturated carbocycles. The minimum atomic E-state index is -1.97. The van der Waals surface area contributed by atoms with Crippen molar-refractivity contribution in [3.05, 3.63) is 0 Å². The van der Waals surface area contributed by atoms with Gasteiger partial charge in [-0.2, -0.15) is 0 Å². The Labute approximate surface area is 300 Å². The van der Waals surface area contributed by atoms with Gasteiger partial charge in [0.25, 0.3) is 0 Å². The maximum atomic E-state index is 13.2. The van der Waals surface area contributed by atoms with E-state index in [4.69, 9.17) is 28.4 Å². The highest BCUT2D eigenvalue weighted by Crippen LogP contribution is 2.28. The Morgan fingerprint density at radius 3 is 0.615 bits per heavy atom. The van der Waals surface area contributed by atoms with E-state index in [1.54, 1.807) is 0 Å². The molecule has 0 amide bonds. The number of carbonyl (C=O) groups excluding carboxylic acids is 6. The maximum absolute atomic E-state index is 13.2. The fourth-order valence-electron chi connectivity index (χ4n) is 3.25. The molecule has 8 N–H and O–H groups in total. The lowest BCUT2D eigenvalue weighted by molar-refractivity contribution is -0.185. The molecular formula is C32H54O20. The number of aliphatic hydroxyl groups excluding tert-OH is 8. The molecule has 0 saturated heterocycles. The third-order valence-corrected chi connectivity index (χ3v) is 8.39. The summed E-state index contributed by atoms with van der Waals surface area (Å²) in [5.41, 5.74) is -11.0. The second-order valence-corrected chi connectivity index (χ2v) is 14.2. The van der Waals surface area contributed by atoms with E-state index in [9.17, 15) is 69.6 Å². The third-order valence-electron chi connectivity index (χ3n) is 8.39. The van der Waals surface area contributed by atoms with Crippen LogP contribution in [0.15, 0.2) is 0 Å². The Bertz CT molecular complexity index is 1040. The van der Waals surface area contributed by atoms with Gasteiger partial charge in [0.15, 0.2) is 0 Å². The summed E-state index contributed by atoms with van der Waals surface area (Å²) >= 11 is 0. The lowest BCUT2D eigenvalue weighted by atomic mass is 9.90. The highest BCUT2D eigenvalue weighted by Gasteiger charge is 2.45. The molecule has 20 heteroatoms. The number of esters is 6. The van der Waals surface area contributed by atoms with Crippen LogP contribution in [-0.2, 0) is 57.2 Å². The van der Waals surface area contributed by atoms with Gasteiger partial charge in [0, 0.05) is 0 Å². The van der Waals surface area contributed by atoms with Crippen molar-refractivity contribution < 1.29 is 98.0 Å². The number of ether oxygens (including phenoxy) is 6. The lowest BCUT2D eigenvalue weighted by Gasteiger charge is -2.31. The largest absolute Gasteiger partial charge is 0.464 e. The number of aliphatic hydroxyl groups is 8. The van der Waals surface area contributed by atoms with Crippen LogP contribution < -0.4 is 0 Å². The molecule has 0 heterocycles.